The van der Waals surface area contributed by atoms with Gasteiger partial charge in [0.1, 0.15) is 17.6 Å². The zero-order valence-electron chi connectivity index (χ0n) is 11.3. The van der Waals surface area contributed by atoms with Gasteiger partial charge in [0, 0.05) is 11.8 Å². The van der Waals surface area contributed by atoms with Crippen LogP contribution in [0, 0.1) is 12.7 Å². The Hall–Kier alpha value is -2.37. The number of rotatable bonds is 5. The van der Waals surface area contributed by atoms with Gasteiger partial charge in [-0.3, -0.25) is 4.79 Å². The SMILES string of the molecule is CCC(Nc1ccc(F)cc1)C(=O)Nc1cc(C)on1. The zero-order chi connectivity index (χ0) is 14.5. The summed E-state index contributed by atoms with van der Waals surface area (Å²) in [5.74, 6) is 0.475. The van der Waals surface area contributed by atoms with E-state index in [9.17, 15) is 9.18 Å². The molecule has 0 saturated carbocycles. The largest absolute Gasteiger partial charge is 0.374 e. The fourth-order valence-electron chi connectivity index (χ4n) is 1.74. The summed E-state index contributed by atoms with van der Waals surface area (Å²) in [6.45, 7) is 3.63. The minimum Gasteiger partial charge on any atom is -0.374 e. The van der Waals surface area contributed by atoms with E-state index in [0.29, 0.717) is 23.7 Å². The lowest BCUT2D eigenvalue weighted by Gasteiger charge is -2.17. The van der Waals surface area contributed by atoms with Crippen LogP contribution in [0.5, 0.6) is 0 Å². The highest BCUT2D eigenvalue weighted by molar-refractivity contribution is 5.95. The number of amides is 1. The Morgan fingerprint density at radius 2 is 2.10 bits per heavy atom. The van der Waals surface area contributed by atoms with Crippen LogP contribution in [-0.4, -0.2) is 17.1 Å². The van der Waals surface area contributed by atoms with E-state index in [4.69, 9.17) is 4.52 Å². The van der Waals surface area contributed by atoms with Crippen LogP contribution in [0.3, 0.4) is 0 Å². The Morgan fingerprint density at radius 1 is 1.40 bits per heavy atom. The maximum atomic E-state index is 12.8. The summed E-state index contributed by atoms with van der Waals surface area (Å²) in [5, 5.41) is 9.42. The molecule has 2 aromatic rings. The van der Waals surface area contributed by atoms with Crippen molar-refractivity contribution in [3.8, 4) is 0 Å². The number of aryl methyl sites for hydroxylation is 1. The maximum absolute atomic E-state index is 12.8. The number of nitrogens with zero attached hydrogens (tertiary/aromatic N) is 1. The van der Waals surface area contributed by atoms with Crippen molar-refractivity contribution in [1.82, 2.24) is 5.16 Å². The predicted octanol–water partition coefficient (Wildman–Crippen LogP) is 2.95. The third kappa shape index (κ3) is 3.57. The first kappa shape index (κ1) is 14.0. The van der Waals surface area contributed by atoms with E-state index in [1.165, 1.54) is 12.1 Å². The van der Waals surface area contributed by atoms with Crippen LogP contribution >= 0.6 is 0 Å². The van der Waals surface area contributed by atoms with Crippen molar-refractivity contribution in [3.63, 3.8) is 0 Å². The number of nitrogens with one attached hydrogen (secondary N) is 2. The fourth-order valence-corrected chi connectivity index (χ4v) is 1.74. The summed E-state index contributed by atoms with van der Waals surface area (Å²) in [4.78, 5) is 12.1. The van der Waals surface area contributed by atoms with Crippen molar-refractivity contribution in [2.75, 3.05) is 10.6 Å². The molecule has 1 aromatic carbocycles. The molecule has 1 heterocycles. The molecule has 1 atom stereocenters. The number of anilines is 2. The molecule has 0 aliphatic rings. The van der Waals surface area contributed by atoms with Gasteiger partial charge in [0.2, 0.25) is 5.91 Å². The van der Waals surface area contributed by atoms with Crippen LogP contribution in [0.25, 0.3) is 0 Å². The van der Waals surface area contributed by atoms with Crippen molar-refractivity contribution in [3.05, 3.63) is 41.9 Å². The molecule has 0 bridgehead atoms. The van der Waals surface area contributed by atoms with E-state index >= 15 is 0 Å². The summed E-state index contributed by atoms with van der Waals surface area (Å²) in [7, 11) is 0. The minimum absolute atomic E-state index is 0.217. The van der Waals surface area contributed by atoms with Gasteiger partial charge in [-0.2, -0.15) is 0 Å². The molecule has 5 nitrogen and oxygen atoms in total. The summed E-state index contributed by atoms with van der Waals surface area (Å²) < 4.78 is 17.7. The van der Waals surface area contributed by atoms with E-state index in [1.807, 2.05) is 6.92 Å². The van der Waals surface area contributed by atoms with Gasteiger partial charge >= 0.3 is 0 Å². The molecule has 1 unspecified atom stereocenters. The molecule has 0 aliphatic carbocycles. The third-order valence-electron chi connectivity index (χ3n) is 2.79. The Kier molecular flexibility index (Phi) is 4.34. The average molecular weight is 277 g/mol. The van der Waals surface area contributed by atoms with Gasteiger partial charge in [-0.25, -0.2) is 4.39 Å². The van der Waals surface area contributed by atoms with E-state index in [0.717, 1.165) is 0 Å². The molecule has 0 fully saturated rings. The molecular weight excluding hydrogens is 261 g/mol. The molecule has 6 heteroatoms. The number of carbonyl (C=O) groups is 1. The van der Waals surface area contributed by atoms with Crippen molar-refractivity contribution < 1.29 is 13.7 Å². The second-order valence-corrected chi connectivity index (χ2v) is 4.42. The molecule has 0 aliphatic heterocycles. The second kappa shape index (κ2) is 6.18. The molecular formula is C14H16FN3O2. The number of hydrogen-bond donors (Lipinski definition) is 2. The first-order chi connectivity index (χ1) is 9.58. The number of hydrogen-bond acceptors (Lipinski definition) is 4. The van der Waals surface area contributed by atoms with E-state index in [1.54, 1.807) is 25.1 Å². The van der Waals surface area contributed by atoms with Crippen LogP contribution in [-0.2, 0) is 4.79 Å². The monoisotopic (exact) mass is 277 g/mol. The van der Waals surface area contributed by atoms with Crippen molar-refractivity contribution >= 4 is 17.4 Å². The Balaban J connectivity index is 2.00. The second-order valence-electron chi connectivity index (χ2n) is 4.42. The molecule has 106 valence electrons. The third-order valence-corrected chi connectivity index (χ3v) is 2.79. The smallest absolute Gasteiger partial charge is 0.248 e. The van der Waals surface area contributed by atoms with Gasteiger partial charge in [-0.1, -0.05) is 12.1 Å². The highest BCUT2D eigenvalue weighted by Gasteiger charge is 2.17. The summed E-state index contributed by atoms with van der Waals surface area (Å²) >= 11 is 0. The number of halogens is 1. The Labute approximate surface area is 116 Å². The zero-order valence-corrected chi connectivity index (χ0v) is 11.3. The van der Waals surface area contributed by atoms with Gasteiger partial charge in [0.15, 0.2) is 5.82 Å². The minimum atomic E-state index is -0.433. The van der Waals surface area contributed by atoms with Crippen LogP contribution in [0.2, 0.25) is 0 Å². The predicted molar refractivity (Wildman–Crippen MR) is 74.0 cm³/mol. The maximum Gasteiger partial charge on any atom is 0.248 e. The molecule has 2 rings (SSSR count). The summed E-state index contributed by atoms with van der Waals surface area (Å²) in [5.41, 5.74) is 0.685. The van der Waals surface area contributed by atoms with Gasteiger partial charge in [-0.05, 0) is 37.6 Å². The first-order valence-electron chi connectivity index (χ1n) is 6.34. The lowest BCUT2D eigenvalue weighted by atomic mass is 10.2. The van der Waals surface area contributed by atoms with Crippen LogP contribution in [0.15, 0.2) is 34.9 Å². The number of benzene rings is 1. The topological polar surface area (TPSA) is 67.2 Å². The van der Waals surface area contributed by atoms with Crippen LogP contribution in [0.1, 0.15) is 19.1 Å². The van der Waals surface area contributed by atoms with Gasteiger partial charge < -0.3 is 15.2 Å². The van der Waals surface area contributed by atoms with E-state index in [2.05, 4.69) is 15.8 Å². The number of carbonyl (C=O) groups excluding carboxylic acids is 1. The van der Waals surface area contributed by atoms with Gasteiger partial charge in [0.25, 0.3) is 0 Å². The molecule has 0 radical (unpaired) electrons. The molecule has 1 amide bonds. The molecule has 2 N–H and O–H groups in total. The first-order valence-corrected chi connectivity index (χ1v) is 6.34. The quantitative estimate of drug-likeness (QED) is 0.881. The van der Waals surface area contributed by atoms with Crippen molar-refractivity contribution in [2.45, 2.75) is 26.3 Å². The molecule has 20 heavy (non-hydrogen) atoms. The van der Waals surface area contributed by atoms with Gasteiger partial charge in [-0.15, -0.1) is 0 Å². The van der Waals surface area contributed by atoms with Crippen LogP contribution in [0.4, 0.5) is 15.9 Å². The highest BCUT2D eigenvalue weighted by Crippen LogP contribution is 2.13. The average Bonchev–Trinajstić information content (AvgIpc) is 2.83. The molecule has 1 aromatic heterocycles. The lowest BCUT2D eigenvalue weighted by molar-refractivity contribution is -0.117. The normalized spacial score (nSPS) is 11.9. The van der Waals surface area contributed by atoms with Crippen LogP contribution < -0.4 is 10.6 Å². The van der Waals surface area contributed by atoms with Crippen molar-refractivity contribution in [1.29, 1.82) is 0 Å². The summed E-state index contributed by atoms with van der Waals surface area (Å²) in [6.07, 6.45) is 0.583. The Bertz CT molecular complexity index is 580. The lowest BCUT2D eigenvalue weighted by Crippen LogP contribution is -2.34. The Morgan fingerprint density at radius 3 is 2.65 bits per heavy atom. The van der Waals surface area contributed by atoms with Gasteiger partial charge in [0.05, 0.1) is 0 Å². The molecule has 0 saturated heterocycles. The van der Waals surface area contributed by atoms with E-state index in [-0.39, 0.29) is 11.7 Å². The fraction of sp³-hybridized carbons (Fsp3) is 0.286. The van der Waals surface area contributed by atoms with Crippen molar-refractivity contribution in [2.24, 2.45) is 0 Å². The highest BCUT2D eigenvalue weighted by atomic mass is 19.1. The van der Waals surface area contributed by atoms with E-state index < -0.39 is 6.04 Å². The standard InChI is InChI=1S/C14H16FN3O2/c1-3-12(16-11-6-4-10(15)5-7-11)14(19)17-13-8-9(2)20-18-13/h4-8,12,16H,3H2,1-2H3,(H,17,18,19). The summed E-state index contributed by atoms with van der Waals surface area (Å²) in [6, 6.07) is 7.07. The number of aromatic nitrogens is 1. The molecule has 0 spiro atoms.